The molecule has 3 unspecified atom stereocenters. The molecular formula is C37H54N4O8. The lowest BCUT2D eigenvalue weighted by molar-refractivity contribution is -0.159. The van der Waals surface area contributed by atoms with Crippen molar-refractivity contribution in [3.05, 3.63) is 65.2 Å². The SMILES string of the molecule is CCC(C)(C)N(C(=O)C(CCC(N)=O)NC(=O)OC(C)(C)C)C(C(=O)NC(Cc1ccccc1)C(=O)OC(C)(C)C)c1cccc(C)c1O. The van der Waals surface area contributed by atoms with Gasteiger partial charge in [-0.3, -0.25) is 14.4 Å². The highest BCUT2D eigenvalue weighted by Gasteiger charge is 2.45. The van der Waals surface area contributed by atoms with Crippen LogP contribution in [0.1, 0.15) is 104 Å². The van der Waals surface area contributed by atoms with Gasteiger partial charge in [0.25, 0.3) is 0 Å². The Morgan fingerprint density at radius 2 is 1.43 bits per heavy atom. The number of hydrogen-bond acceptors (Lipinski definition) is 8. The standard InChI is InChI=1S/C37H54N4O8/c1-11-37(9,10)41(32(45)26(20-21-28(38)42)40-34(47)49-36(6,7)8)29(25-19-15-16-23(2)30(25)43)31(44)39-27(33(46)48-35(3,4)5)22-24-17-13-12-14-18-24/h12-19,26-27,29,43H,11,20-22H2,1-10H3,(H2,38,42)(H,39,44)(H,40,47). The summed E-state index contributed by atoms with van der Waals surface area (Å²) in [6.07, 6.45) is -0.926. The van der Waals surface area contributed by atoms with E-state index in [1.807, 2.05) is 37.3 Å². The Kier molecular flexibility index (Phi) is 13.8. The average Bonchev–Trinajstić information content (AvgIpc) is 2.97. The second-order valence-electron chi connectivity index (χ2n) is 14.8. The summed E-state index contributed by atoms with van der Waals surface area (Å²) in [6.45, 7) is 17.1. The van der Waals surface area contributed by atoms with Crippen molar-refractivity contribution in [2.75, 3.05) is 0 Å². The maximum atomic E-state index is 14.7. The quantitative estimate of drug-likeness (QED) is 0.202. The maximum Gasteiger partial charge on any atom is 0.408 e. The number of aryl methyl sites for hydroxylation is 1. The van der Waals surface area contributed by atoms with E-state index in [0.29, 0.717) is 12.0 Å². The number of nitrogens with two attached hydrogens (primary N) is 1. The van der Waals surface area contributed by atoms with Crippen molar-refractivity contribution < 1.29 is 38.6 Å². The number of benzene rings is 2. The molecular weight excluding hydrogens is 628 g/mol. The fraction of sp³-hybridized carbons (Fsp3) is 0.541. The summed E-state index contributed by atoms with van der Waals surface area (Å²) in [5.41, 5.74) is 3.91. The summed E-state index contributed by atoms with van der Waals surface area (Å²) >= 11 is 0. The molecule has 12 nitrogen and oxygen atoms in total. The Bertz CT molecular complexity index is 1480. The fourth-order valence-electron chi connectivity index (χ4n) is 5.07. The summed E-state index contributed by atoms with van der Waals surface area (Å²) < 4.78 is 11.1. The number of carbonyl (C=O) groups is 5. The second-order valence-corrected chi connectivity index (χ2v) is 14.8. The van der Waals surface area contributed by atoms with Crippen molar-refractivity contribution in [3.8, 4) is 5.75 Å². The number of alkyl carbamates (subject to hydrolysis) is 1. The number of phenolic OH excluding ortho intramolecular Hbond substituents is 1. The molecule has 0 aliphatic carbocycles. The molecule has 0 heterocycles. The molecule has 270 valence electrons. The van der Waals surface area contributed by atoms with Crippen molar-refractivity contribution in [2.24, 2.45) is 5.73 Å². The van der Waals surface area contributed by atoms with E-state index >= 15 is 0 Å². The minimum atomic E-state index is -1.50. The predicted octanol–water partition coefficient (Wildman–Crippen LogP) is 4.99. The Hall–Kier alpha value is -4.61. The summed E-state index contributed by atoms with van der Waals surface area (Å²) in [5, 5.41) is 16.7. The van der Waals surface area contributed by atoms with Crippen molar-refractivity contribution in [3.63, 3.8) is 0 Å². The van der Waals surface area contributed by atoms with Gasteiger partial charge in [-0.25, -0.2) is 9.59 Å². The van der Waals surface area contributed by atoms with Gasteiger partial charge in [-0.15, -0.1) is 0 Å². The van der Waals surface area contributed by atoms with Gasteiger partial charge in [-0.1, -0.05) is 55.5 Å². The molecule has 0 saturated heterocycles. The van der Waals surface area contributed by atoms with Gasteiger partial charge >= 0.3 is 12.1 Å². The lowest BCUT2D eigenvalue weighted by Crippen LogP contribution is -2.60. The minimum Gasteiger partial charge on any atom is -0.507 e. The van der Waals surface area contributed by atoms with E-state index < -0.39 is 64.7 Å². The topological polar surface area (TPSA) is 177 Å². The van der Waals surface area contributed by atoms with Gasteiger partial charge in [0.2, 0.25) is 17.7 Å². The Balaban J connectivity index is 2.77. The number of ether oxygens (including phenoxy) is 2. The van der Waals surface area contributed by atoms with Gasteiger partial charge in [0.15, 0.2) is 0 Å². The molecule has 2 aromatic carbocycles. The van der Waals surface area contributed by atoms with E-state index in [1.54, 1.807) is 74.4 Å². The van der Waals surface area contributed by atoms with E-state index in [4.69, 9.17) is 15.2 Å². The third-order valence-electron chi connectivity index (χ3n) is 7.78. The molecule has 2 aromatic rings. The van der Waals surface area contributed by atoms with Crippen LogP contribution in [0.3, 0.4) is 0 Å². The molecule has 5 N–H and O–H groups in total. The fourth-order valence-corrected chi connectivity index (χ4v) is 5.07. The molecule has 0 radical (unpaired) electrons. The van der Waals surface area contributed by atoms with Crippen LogP contribution in [-0.2, 0) is 35.1 Å². The molecule has 2 rings (SSSR count). The molecule has 0 bridgehead atoms. The van der Waals surface area contributed by atoms with Crippen molar-refractivity contribution >= 4 is 29.8 Å². The van der Waals surface area contributed by atoms with Gasteiger partial charge in [0.05, 0.1) is 0 Å². The average molecular weight is 683 g/mol. The van der Waals surface area contributed by atoms with E-state index in [9.17, 15) is 29.1 Å². The number of esters is 1. The lowest BCUT2D eigenvalue weighted by atomic mass is 9.90. The van der Waals surface area contributed by atoms with Crippen LogP contribution in [0.4, 0.5) is 4.79 Å². The number of nitrogens with one attached hydrogen (secondary N) is 2. The zero-order valence-electron chi connectivity index (χ0n) is 30.5. The number of nitrogens with zero attached hydrogens (tertiary/aromatic N) is 1. The number of aromatic hydroxyl groups is 1. The van der Waals surface area contributed by atoms with E-state index in [-0.39, 0.29) is 30.6 Å². The molecule has 0 aliphatic heterocycles. The number of rotatable bonds is 14. The number of phenols is 1. The number of primary amides is 1. The summed E-state index contributed by atoms with van der Waals surface area (Å²) in [6, 6.07) is 9.89. The first-order valence-electron chi connectivity index (χ1n) is 16.5. The van der Waals surface area contributed by atoms with Crippen molar-refractivity contribution in [1.82, 2.24) is 15.5 Å². The third kappa shape index (κ3) is 12.4. The maximum absolute atomic E-state index is 14.7. The van der Waals surface area contributed by atoms with E-state index in [2.05, 4.69) is 10.6 Å². The van der Waals surface area contributed by atoms with Crippen LogP contribution in [0.15, 0.2) is 48.5 Å². The normalized spacial score (nSPS) is 13.8. The van der Waals surface area contributed by atoms with Crippen molar-refractivity contribution in [1.29, 1.82) is 0 Å². The Morgan fingerprint density at radius 1 is 0.837 bits per heavy atom. The third-order valence-corrected chi connectivity index (χ3v) is 7.78. The molecule has 0 aromatic heterocycles. The first kappa shape index (κ1) is 40.6. The second kappa shape index (κ2) is 16.7. The molecule has 0 spiro atoms. The van der Waals surface area contributed by atoms with Gasteiger partial charge < -0.3 is 35.8 Å². The van der Waals surface area contributed by atoms with Crippen LogP contribution in [0.5, 0.6) is 5.75 Å². The number of para-hydroxylation sites is 1. The van der Waals surface area contributed by atoms with Crippen LogP contribution in [-0.4, -0.2) is 68.6 Å². The number of carbonyl (C=O) groups excluding carboxylic acids is 5. The smallest absolute Gasteiger partial charge is 0.408 e. The van der Waals surface area contributed by atoms with Crippen LogP contribution in [0.25, 0.3) is 0 Å². The predicted molar refractivity (Wildman–Crippen MR) is 186 cm³/mol. The largest absolute Gasteiger partial charge is 0.507 e. The molecule has 49 heavy (non-hydrogen) atoms. The van der Waals surface area contributed by atoms with Crippen LogP contribution in [0.2, 0.25) is 0 Å². The first-order chi connectivity index (χ1) is 22.6. The summed E-state index contributed by atoms with van der Waals surface area (Å²) in [5.74, 6) is -3.10. The first-order valence-corrected chi connectivity index (χ1v) is 16.5. The summed E-state index contributed by atoms with van der Waals surface area (Å²) in [7, 11) is 0. The van der Waals surface area contributed by atoms with Crippen LogP contribution in [0, 0.1) is 6.92 Å². The van der Waals surface area contributed by atoms with E-state index in [0.717, 1.165) is 5.56 Å². The number of amides is 4. The van der Waals surface area contributed by atoms with Gasteiger partial charge in [-0.05, 0) is 86.3 Å². The highest BCUT2D eigenvalue weighted by molar-refractivity contribution is 5.95. The van der Waals surface area contributed by atoms with Crippen LogP contribution < -0.4 is 16.4 Å². The lowest BCUT2D eigenvalue weighted by Gasteiger charge is -2.45. The Morgan fingerprint density at radius 3 is 1.96 bits per heavy atom. The molecule has 0 fully saturated rings. The molecule has 4 amide bonds. The highest BCUT2D eigenvalue weighted by atomic mass is 16.6. The Labute approximate surface area is 290 Å². The van der Waals surface area contributed by atoms with Gasteiger partial charge in [-0.2, -0.15) is 0 Å². The van der Waals surface area contributed by atoms with Crippen molar-refractivity contribution in [2.45, 2.75) is 130 Å². The van der Waals surface area contributed by atoms with Gasteiger partial charge in [0.1, 0.15) is 35.1 Å². The van der Waals surface area contributed by atoms with Gasteiger partial charge in [0, 0.05) is 23.9 Å². The molecule has 12 heteroatoms. The summed E-state index contributed by atoms with van der Waals surface area (Å²) in [4.78, 5) is 69.0. The molecule has 3 atom stereocenters. The zero-order chi connectivity index (χ0) is 37.3. The minimum absolute atomic E-state index is 0.0839. The molecule has 0 saturated carbocycles. The zero-order valence-corrected chi connectivity index (χ0v) is 30.5. The van der Waals surface area contributed by atoms with E-state index in [1.165, 1.54) is 11.0 Å². The number of hydrogen-bond donors (Lipinski definition) is 4. The monoisotopic (exact) mass is 682 g/mol. The molecule has 0 aliphatic rings. The highest BCUT2D eigenvalue weighted by Crippen LogP contribution is 2.37. The van der Waals surface area contributed by atoms with Crippen LogP contribution >= 0.6 is 0 Å².